The van der Waals surface area contributed by atoms with Crippen molar-refractivity contribution >= 4 is 21.3 Å². The van der Waals surface area contributed by atoms with Crippen LogP contribution in [0.5, 0.6) is 5.75 Å². The Morgan fingerprint density at radius 2 is 1.51 bits per heavy atom. The van der Waals surface area contributed by atoms with E-state index >= 15 is 0 Å². The number of benzene rings is 3. The third-order valence-corrected chi connectivity index (χ3v) is 7.54. The molecule has 0 saturated carbocycles. The molecule has 0 aromatic heterocycles. The van der Waals surface area contributed by atoms with Crippen molar-refractivity contribution in [3.8, 4) is 17.6 Å². The number of alkyl halides is 3. The molecule has 0 fully saturated rings. The molecule has 0 radical (unpaired) electrons. The van der Waals surface area contributed by atoms with Crippen molar-refractivity contribution < 1.29 is 22.1 Å². The summed E-state index contributed by atoms with van der Waals surface area (Å²) in [7, 11) is -1.67. The first-order valence-electron chi connectivity index (χ1n) is 10.9. The lowest BCUT2D eigenvalue weighted by Crippen LogP contribution is -2.24. The summed E-state index contributed by atoms with van der Waals surface area (Å²) in [6, 6.07) is 21.3. The molecule has 4 rings (SSSR count). The summed E-state index contributed by atoms with van der Waals surface area (Å²) >= 11 is 0. The highest BCUT2D eigenvalue weighted by atomic mass is 32.2. The standard InChI is InChI=1S/C26H24F3N3O2S/c1-30-35(33,23-16-14-22(15-17-23)34-26(27,28)29)31-18-6-7-19-32-24-10-4-2-8-20(24)12-13-21-9-3-5-11-25(21)32/h2-5,8-11,14-17H,12-13,18-19H2,1H3,(H,30,31,33). The lowest BCUT2D eigenvalue weighted by atomic mass is 10.0. The smallest absolute Gasteiger partial charge is 0.406 e. The second kappa shape index (κ2) is 10.4. The van der Waals surface area contributed by atoms with Gasteiger partial charge in [0.2, 0.25) is 0 Å². The predicted octanol–water partition coefficient (Wildman–Crippen LogP) is 5.49. The van der Waals surface area contributed by atoms with Crippen LogP contribution >= 0.6 is 0 Å². The van der Waals surface area contributed by atoms with Crippen molar-refractivity contribution in [1.29, 1.82) is 0 Å². The zero-order chi connectivity index (χ0) is 24.9. The van der Waals surface area contributed by atoms with Crippen LogP contribution in [0.4, 0.5) is 24.5 Å². The van der Waals surface area contributed by atoms with Gasteiger partial charge in [0.15, 0.2) is 0 Å². The molecule has 1 atom stereocenters. The molecule has 0 aliphatic carbocycles. The van der Waals surface area contributed by atoms with E-state index in [0.717, 1.165) is 36.3 Å². The van der Waals surface area contributed by atoms with E-state index in [1.807, 2.05) is 24.3 Å². The molecule has 1 heterocycles. The van der Waals surface area contributed by atoms with Gasteiger partial charge in [0.1, 0.15) is 15.7 Å². The van der Waals surface area contributed by atoms with Crippen molar-refractivity contribution in [2.75, 3.05) is 25.0 Å². The minimum atomic E-state index is -4.79. The van der Waals surface area contributed by atoms with Gasteiger partial charge >= 0.3 is 6.36 Å². The minimum absolute atomic E-state index is 0.0914. The van der Waals surface area contributed by atoms with Gasteiger partial charge in [-0.3, -0.25) is 0 Å². The summed E-state index contributed by atoms with van der Waals surface area (Å²) in [5.41, 5.74) is 4.75. The predicted molar refractivity (Wildman–Crippen MR) is 131 cm³/mol. The maximum atomic E-state index is 13.2. The lowest BCUT2D eigenvalue weighted by molar-refractivity contribution is -0.274. The first-order chi connectivity index (χ1) is 16.8. The fourth-order valence-corrected chi connectivity index (χ4v) is 5.23. The van der Waals surface area contributed by atoms with Gasteiger partial charge in [-0.25, -0.2) is 13.3 Å². The van der Waals surface area contributed by atoms with Crippen molar-refractivity contribution in [2.24, 2.45) is 4.36 Å². The maximum absolute atomic E-state index is 13.2. The SMILES string of the molecule is CN=S(=O)(NCC#CCN1c2ccccc2CCc2ccccc21)c1ccc(OC(F)(F)F)cc1. The fraction of sp³-hybridized carbons (Fsp3) is 0.231. The molecular formula is C26H24F3N3O2S. The van der Waals surface area contributed by atoms with Gasteiger partial charge in [-0.2, -0.15) is 0 Å². The molecule has 182 valence electrons. The molecule has 1 N–H and O–H groups in total. The average molecular weight is 500 g/mol. The number of nitrogens with one attached hydrogen (secondary N) is 1. The average Bonchev–Trinajstić information content (AvgIpc) is 3.00. The molecule has 1 unspecified atom stereocenters. The van der Waals surface area contributed by atoms with Gasteiger partial charge in [0.25, 0.3) is 0 Å². The van der Waals surface area contributed by atoms with E-state index in [4.69, 9.17) is 0 Å². The summed E-state index contributed by atoms with van der Waals surface area (Å²) < 4.78 is 60.9. The van der Waals surface area contributed by atoms with Gasteiger partial charge in [0, 0.05) is 18.4 Å². The van der Waals surface area contributed by atoms with Crippen LogP contribution in [0, 0.1) is 11.8 Å². The van der Waals surface area contributed by atoms with Crippen LogP contribution in [0.25, 0.3) is 0 Å². The van der Waals surface area contributed by atoms with Gasteiger partial charge in [-0.15, -0.1) is 13.2 Å². The summed E-state index contributed by atoms with van der Waals surface area (Å²) in [5, 5.41) is 0. The number of hydrogen-bond acceptors (Lipinski definition) is 4. The molecule has 0 spiro atoms. The van der Waals surface area contributed by atoms with Crippen LogP contribution in [0.15, 0.2) is 82.1 Å². The first kappa shape index (κ1) is 24.6. The number of nitrogens with zero attached hydrogens (tertiary/aromatic N) is 2. The van der Waals surface area contributed by atoms with Crippen molar-refractivity contribution in [3.05, 3.63) is 83.9 Å². The third-order valence-electron chi connectivity index (χ3n) is 5.58. The normalized spacial score (nSPS) is 14.5. The Bertz CT molecular complexity index is 1320. The fourth-order valence-electron chi connectivity index (χ4n) is 3.95. The monoisotopic (exact) mass is 499 g/mol. The Morgan fingerprint density at radius 3 is 2.06 bits per heavy atom. The third kappa shape index (κ3) is 5.96. The van der Waals surface area contributed by atoms with Crippen molar-refractivity contribution in [1.82, 2.24) is 4.72 Å². The van der Waals surface area contributed by atoms with Crippen LogP contribution < -0.4 is 14.4 Å². The highest BCUT2D eigenvalue weighted by Crippen LogP contribution is 2.35. The highest BCUT2D eigenvalue weighted by Gasteiger charge is 2.31. The van der Waals surface area contributed by atoms with Crippen LogP contribution in [0.2, 0.25) is 0 Å². The molecule has 1 aliphatic heterocycles. The Kier molecular flexibility index (Phi) is 7.34. The van der Waals surface area contributed by atoms with E-state index < -0.39 is 22.0 Å². The summed E-state index contributed by atoms with van der Waals surface area (Å²) in [5.74, 6) is 5.76. The van der Waals surface area contributed by atoms with Gasteiger partial charge < -0.3 is 9.64 Å². The molecule has 1 aliphatic rings. The number of para-hydroxylation sites is 2. The van der Waals surface area contributed by atoms with Crippen LogP contribution in [-0.4, -0.2) is 30.7 Å². The maximum Gasteiger partial charge on any atom is 0.573 e. The highest BCUT2D eigenvalue weighted by molar-refractivity contribution is 7.91. The van der Waals surface area contributed by atoms with Crippen LogP contribution in [0.1, 0.15) is 11.1 Å². The zero-order valence-electron chi connectivity index (χ0n) is 19.0. The number of hydrogen-bond donors (Lipinski definition) is 1. The summed E-state index contributed by atoms with van der Waals surface area (Å²) in [6.45, 7) is 0.539. The van der Waals surface area contributed by atoms with E-state index in [1.54, 1.807) is 0 Å². The quantitative estimate of drug-likeness (QED) is 0.473. The largest absolute Gasteiger partial charge is 0.573 e. The van der Waals surface area contributed by atoms with E-state index in [9.17, 15) is 17.4 Å². The molecule has 3 aromatic rings. The molecule has 0 saturated heterocycles. The number of aryl methyl sites for hydroxylation is 2. The first-order valence-corrected chi connectivity index (χ1v) is 12.5. The molecular weight excluding hydrogens is 475 g/mol. The lowest BCUT2D eigenvalue weighted by Gasteiger charge is -2.24. The van der Waals surface area contributed by atoms with Crippen molar-refractivity contribution in [3.63, 3.8) is 0 Å². The zero-order valence-corrected chi connectivity index (χ0v) is 19.8. The number of rotatable bonds is 5. The second-order valence-corrected chi connectivity index (χ2v) is 9.92. The summed E-state index contributed by atoms with van der Waals surface area (Å²) in [6.07, 6.45) is -2.89. The second-order valence-electron chi connectivity index (χ2n) is 7.75. The Hall–Kier alpha value is -3.48. The van der Waals surface area contributed by atoms with Gasteiger partial charge in [-0.1, -0.05) is 48.2 Å². The number of anilines is 2. The van der Waals surface area contributed by atoms with E-state index in [-0.39, 0.29) is 11.4 Å². The van der Waals surface area contributed by atoms with E-state index in [0.29, 0.717) is 6.54 Å². The number of halogens is 3. The summed E-state index contributed by atoms with van der Waals surface area (Å²) in [4.78, 5) is 2.43. The molecule has 3 aromatic carbocycles. The van der Waals surface area contributed by atoms with Crippen LogP contribution in [0.3, 0.4) is 0 Å². The number of fused-ring (bicyclic) bond motifs is 2. The minimum Gasteiger partial charge on any atom is -0.406 e. The molecule has 0 amide bonds. The Labute approximate surface area is 203 Å². The topological polar surface area (TPSA) is 53.9 Å². The Balaban J connectivity index is 1.47. The van der Waals surface area contributed by atoms with Crippen LogP contribution in [-0.2, 0) is 22.8 Å². The van der Waals surface area contributed by atoms with E-state index in [2.05, 4.69) is 54.8 Å². The number of ether oxygens (including phenoxy) is 1. The molecule has 35 heavy (non-hydrogen) atoms. The molecule has 0 bridgehead atoms. The van der Waals surface area contributed by atoms with Gasteiger partial charge in [-0.05, 0) is 60.4 Å². The molecule has 5 nitrogen and oxygen atoms in total. The molecule has 9 heteroatoms. The Morgan fingerprint density at radius 1 is 0.943 bits per heavy atom. The van der Waals surface area contributed by atoms with Gasteiger partial charge in [0.05, 0.1) is 18.0 Å². The van der Waals surface area contributed by atoms with Crippen molar-refractivity contribution in [2.45, 2.75) is 24.1 Å². The van der Waals surface area contributed by atoms with E-state index in [1.165, 1.54) is 30.3 Å².